The Balaban J connectivity index is 1.34. The molecule has 0 unspecified atom stereocenters. The minimum Gasteiger partial charge on any atom is -0.508 e. The number of amides is 4. The largest absolute Gasteiger partial charge is 0.508 e. The number of phenols is 1. The van der Waals surface area contributed by atoms with Crippen molar-refractivity contribution >= 4 is 39.4 Å². The van der Waals surface area contributed by atoms with Crippen LogP contribution < -0.4 is 5.32 Å². The second kappa shape index (κ2) is 13.0. The van der Waals surface area contributed by atoms with Crippen molar-refractivity contribution in [2.24, 2.45) is 0 Å². The van der Waals surface area contributed by atoms with Crippen molar-refractivity contribution < 1.29 is 23.9 Å². The molecule has 2 atom stereocenters. The molecule has 12 heteroatoms. The van der Waals surface area contributed by atoms with Crippen molar-refractivity contribution in [1.29, 1.82) is 0 Å². The van der Waals surface area contributed by atoms with E-state index >= 15 is 0 Å². The minimum absolute atomic E-state index is 0.0411. The molecule has 0 bridgehead atoms. The van der Waals surface area contributed by atoms with Gasteiger partial charge in [-0.05, 0) is 41.3 Å². The Morgan fingerprint density at radius 3 is 2.62 bits per heavy atom. The summed E-state index contributed by atoms with van der Waals surface area (Å²) < 4.78 is 14.9. The van der Waals surface area contributed by atoms with Crippen LogP contribution in [0, 0.1) is 5.82 Å². The minimum atomic E-state index is -0.919. The molecule has 0 radical (unpaired) electrons. The number of hydrogen-bond acceptors (Lipinski definition) is 7. The number of fused-ring (bicyclic) bond motifs is 2. The number of benzene rings is 3. The third-order valence-electron chi connectivity index (χ3n) is 8.16. The second-order valence-corrected chi connectivity index (χ2v) is 11.9. The number of thiazole rings is 1. The van der Waals surface area contributed by atoms with Crippen LogP contribution in [0.3, 0.4) is 0 Å². The number of nitrogens with one attached hydrogen (secondary N) is 1. The molecule has 3 heterocycles. The van der Waals surface area contributed by atoms with Gasteiger partial charge >= 0.3 is 6.03 Å². The Morgan fingerprint density at radius 1 is 1.09 bits per heavy atom. The van der Waals surface area contributed by atoms with Crippen LogP contribution in [0.5, 0.6) is 5.75 Å². The lowest BCUT2D eigenvalue weighted by Crippen LogP contribution is -2.76. The predicted molar refractivity (Wildman–Crippen MR) is 168 cm³/mol. The van der Waals surface area contributed by atoms with Gasteiger partial charge in [0.1, 0.15) is 23.8 Å². The van der Waals surface area contributed by atoms with E-state index in [1.165, 1.54) is 39.4 Å². The third-order valence-corrected chi connectivity index (χ3v) is 8.99. The van der Waals surface area contributed by atoms with E-state index in [0.29, 0.717) is 28.7 Å². The number of carbonyl (C=O) groups excluding carboxylic acids is 3. The fourth-order valence-electron chi connectivity index (χ4n) is 6.04. The first kappa shape index (κ1) is 30.2. The van der Waals surface area contributed by atoms with Crippen LogP contribution >= 0.6 is 11.3 Å². The zero-order chi connectivity index (χ0) is 31.5. The Labute approximate surface area is 263 Å². The normalized spacial score (nSPS) is 18.7. The Kier molecular flexibility index (Phi) is 8.76. The molecular formula is C33H33FN6O4S. The number of phenolic OH excluding ortho intramolecular Hbond substituents is 1. The van der Waals surface area contributed by atoms with Crippen LogP contribution in [-0.4, -0.2) is 86.1 Å². The molecule has 2 fully saturated rings. The van der Waals surface area contributed by atoms with Gasteiger partial charge in [-0.1, -0.05) is 54.6 Å². The zero-order valence-corrected chi connectivity index (χ0v) is 25.3. The maximum atomic E-state index is 14.5. The van der Waals surface area contributed by atoms with Crippen LogP contribution in [0.4, 0.5) is 9.18 Å². The summed E-state index contributed by atoms with van der Waals surface area (Å²) in [5, 5.41) is 16.0. The number of aromatic nitrogens is 1. The number of carbonyl (C=O) groups is 3. The van der Waals surface area contributed by atoms with Crippen LogP contribution in [0.2, 0.25) is 0 Å². The summed E-state index contributed by atoms with van der Waals surface area (Å²) in [6.45, 7) is 4.50. The molecule has 0 saturated carbocycles. The molecule has 0 aliphatic carbocycles. The maximum absolute atomic E-state index is 14.5. The smallest absolute Gasteiger partial charge is 0.333 e. The molecule has 2 aliphatic rings. The summed E-state index contributed by atoms with van der Waals surface area (Å²) in [6, 6.07) is 18.0. The van der Waals surface area contributed by atoms with E-state index in [-0.39, 0.29) is 56.0 Å². The first-order valence-electron chi connectivity index (χ1n) is 14.7. The quantitative estimate of drug-likeness (QED) is 0.272. The monoisotopic (exact) mass is 628 g/mol. The van der Waals surface area contributed by atoms with E-state index in [2.05, 4.69) is 16.9 Å². The Morgan fingerprint density at radius 2 is 1.87 bits per heavy atom. The van der Waals surface area contributed by atoms with Crippen molar-refractivity contribution in [3.63, 3.8) is 0 Å². The molecule has 0 spiro atoms. The van der Waals surface area contributed by atoms with Crippen molar-refractivity contribution in [2.45, 2.75) is 31.6 Å². The van der Waals surface area contributed by atoms with Gasteiger partial charge in [0.2, 0.25) is 11.8 Å². The highest BCUT2D eigenvalue weighted by Gasteiger charge is 2.51. The van der Waals surface area contributed by atoms with E-state index < -0.39 is 18.2 Å². The molecular weight excluding hydrogens is 595 g/mol. The van der Waals surface area contributed by atoms with E-state index in [4.69, 9.17) is 0 Å². The highest BCUT2D eigenvalue weighted by molar-refractivity contribution is 7.16. The fourth-order valence-corrected chi connectivity index (χ4v) is 6.78. The lowest BCUT2D eigenvalue weighted by atomic mass is 9.98. The highest BCUT2D eigenvalue weighted by Crippen LogP contribution is 2.31. The summed E-state index contributed by atoms with van der Waals surface area (Å²) in [4.78, 5) is 49.3. The van der Waals surface area contributed by atoms with Crippen LogP contribution in [0.15, 0.2) is 84.9 Å². The molecule has 10 nitrogen and oxygen atoms in total. The van der Waals surface area contributed by atoms with Crippen molar-refractivity contribution in [2.75, 3.05) is 26.2 Å². The molecule has 4 aromatic rings. The first-order valence-corrected chi connectivity index (χ1v) is 15.6. The SMILES string of the molecule is C=CCN1CC(=O)N2[C@@H](Cc3ccc(O)cc3)C(=O)N(Cc3ccc(F)c4scnc34)C[C@@H]2N1C(=O)NCCc1ccccc1. The van der Waals surface area contributed by atoms with Crippen molar-refractivity contribution in [3.05, 3.63) is 107 Å². The first-order chi connectivity index (χ1) is 21.8. The number of hydrogen-bond donors (Lipinski definition) is 2. The second-order valence-electron chi connectivity index (χ2n) is 11.1. The highest BCUT2D eigenvalue weighted by atomic mass is 32.1. The van der Waals surface area contributed by atoms with Crippen LogP contribution in [0.1, 0.15) is 16.7 Å². The number of urea groups is 1. The zero-order valence-electron chi connectivity index (χ0n) is 24.5. The molecule has 2 saturated heterocycles. The van der Waals surface area contributed by atoms with E-state index in [1.54, 1.807) is 39.7 Å². The predicted octanol–water partition coefficient (Wildman–Crippen LogP) is 3.92. The number of aromatic hydroxyl groups is 1. The maximum Gasteiger partial charge on any atom is 0.333 e. The van der Waals surface area contributed by atoms with Crippen molar-refractivity contribution in [1.82, 2.24) is 30.1 Å². The van der Waals surface area contributed by atoms with Crippen LogP contribution in [0.25, 0.3) is 10.2 Å². The molecule has 232 valence electrons. The molecule has 1 aromatic heterocycles. The van der Waals surface area contributed by atoms with Gasteiger partial charge in [-0.15, -0.1) is 17.9 Å². The number of nitrogens with zero attached hydrogens (tertiary/aromatic N) is 5. The van der Waals surface area contributed by atoms with Crippen molar-refractivity contribution in [3.8, 4) is 5.75 Å². The molecule has 2 N–H and O–H groups in total. The van der Waals surface area contributed by atoms with E-state index in [0.717, 1.165) is 11.1 Å². The fraction of sp³-hybridized carbons (Fsp3) is 0.273. The summed E-state index contributed by atoms with van der Waals surface area (Å²) in [5.41, 5.74) is 4.54. The van der Waals surface area contributed by atoms with E-state index in [9.17, 15) is 23.9 Å². The molecule has 4 amide bonds. The Bertz CT molecular complexity index is 1720. The standard InChI is InChI=1S/C33H33FN6O4S/c1-2-16-38-20-29(42)39-27(17-23-8-11-25(41)12-9-23)32(43)37(18-24-10-13-26(34)31-30(24)36-21-45-31)19-28(39)40(38)33(44)35-15-14-22-6-4-3-5-7-22/h2-13,21,27-28,41H,1,14-20H2,(H,35,44)/t27-,28-/m0/s1. The third kappa shape index (κ3) is 6.24. The molecule has 6 rings (SSSR count). The Hall–Kier alpha value is -4.81. The van der Waals surface area contributed by atoms with Gasteiger partial charge in [0.25, 0.3) is 0 Å². The number of hydrazine groups is 1. The van der Waals surface area contributed by atoms with Gasteiger partial charge in [0.05, 0.1) is 28.8 Å². The van der Waals surface area contributed by atoms with E-state index in [1.807, 2.05) is 30.3 Å². The summed E-state index contributed by atoms with van der Waals surface area (Å²) in [5.74, 6) is -0.865. The summed E-state index contributed by atoms with van der Waals surface area (Å²) >= 11 is 1.19. The number of rotatable bonds is 9. The summed E-state index contributed by atoms with van der Waals surface area (Å²) in [7, 11) is 0. The van der Waals surface area contributed by atoms with Gasteiger partial charge in [-0.25, -0.2) is 24.2 Å². The topological polar surface area (TPSA) is 109 Å². The lowest BCUT2D eigenvalue weighted by molar-refractivity contribution is -0.189. The molecule has 45 heavy (non-hydrogen) atoms. The van der Waals surface area contributed by atoms with Gasteiger partial charge in [0.15, 0.2) is 0 Å². The summed E-state index contributed by atoms with van der Waals surface area (Å²) in [6.07, 6.45) is 1.62. The average Bonchev–Trinajstić information content (AvgIpc) is 3.54. The lowest BCUT2D eigenvalue weighted by Gasteiger charge is -2.55. The number of piperazine rings is 1. The molecule has 3 aromatic carbocycles. The van der Waals surface area contributed by atoms with Gasteiger partial charge in [0, 0.05) is 26.1 Å². The van der Waals surface area contributed by atoms with Gasteiger partial charge in [-0.3, -0.25) is 9.59 Å². The van der Waals surface area contributed by atoms with Crippen LogP contribution in [-0.2, 0) is 29.0 Å². The van der Waals surface area contributed by atoms with Gasteiger partial charge in [-0.2, -0.15) is 0 Å². The molecule has 2 aliphatic heterocycles. The average molecular weight is 629 g/mol. The number of halogens is 1. The van der Waals surface area contributed by atoms with Gasteiger partial charge < -0.3 is 20.2 Å².